The first-order chi connectivity index (χ1) is 11.1. The predicted octanol–water partition coefficient (Wildman–Crippen LogP) is 2.64. The summed E-state index contributed by atoms with van der Waals surface area (Å²) in [5, 5.41) is 3.57. The van der Waals surface area contributed by atoms with Gasteiger partial charge in [0.2, 0.25) is 0 Å². The summed E-state index contributed by atoms with van der Waals surface area (Å²) in [4.78, 5) is 17.0. The fraction of sp³-hybridized carbons (Fsp3) is 0.375. The number of benzene rings is 1. The van der Waals surface area contributed by atoms with Gasteiger partial charge in [0, 0.05) is 6.54 Å². The Morgan fingerprint density at radius 1 is 1.35 bits per heavy atom. The van der Waals surface area contributed by atoms with E-state index in [0.717, 1.165) is 12.8 Å². The normalized spacial score (nSPS) is 10.6. The number of nitrogens with zero attached hydrogens (tertiary/aromatic N) is 1. The Morgan fingerprint density at radius 2 is 2.09 bits per heavy atom. The fourth-order valence-corrected chi connectivity index (χ4v) is 2.85. The van der Waals surface area contributed by atoms with Crippen LogP contribution in [0.4, 0.5) is 4.39 Å². The molecular weight excluding hydrogens is 317 g/mol. The summed E-state index contributed by atoms with van der Waals surface area (Å²) in [6.45, 7) is 3.28. The number of nitrogens with one attached hydrogen (secondary N) is 1. The SMILES string of the molecule is Cc1nc(COc2ccc(F)cc2)sc1C(=O)NCCCCN. The van der Waals surface area contributed by atoms with Crippen LogP contribution in [0.25, 0.3) is 0 Å². The van der Waals surface area contributed by atoms with Gasteiger partial charge in [-0.05, 0) is 50.6 Å². The third-order valence-corrected chi connectivity index (χ3v) is 4.27. The van der Waals surface area contributed by atoms with Crippen molar-refractivity contribution in [2.45, 2.75) is 26.4 Å². The lowest BCUT2D eigenvalue weighted by molar-refractivity contribution is 0.0956. The molecule has 0 unspecified atom stereocenters. The van der Waals surface area contributed by atoms with Crippen LogP contribution < -0.4 is 15.8 Å². The predicted molar refractivity (Wildman–Crippen MR) is 88.2 cm³/mol. The van der Waals surface area contributed by atoms with Gasteiger partial charge in [0.05, 0.1) is 5.69 Å². The van der Waals surface area contributed by atoms with E-state index >= 15 is 0 Å². The van der Waals surface area contributed by atoms with Gasteiger partial charge in [-0.25, -0.2) is 9.37 Å². The summed E-state index contributed by atoms with van der Waals surface area (Å²) in [7, 11) is 0. The third-order valence-electron chi connectivity index (χ3n) is 3.14. The van der Waals surface area contributed by atoms with E-state index in [2.05, 4.69) is 10.3 Å². The van der Waals surface area contributed by atoms with E-state index in [1.165, 1.54) is 23.5 Å². The number of aromatic nitrogens is 1. The van der Waals surface area contributed by atoms with Crippen LogP contribution in [0, 0.1) is 12.7 Å². The maximum Gasteiger partial charge on any atom is 0.263 e. The highest BCUT2D eigenvalue weighted by molar-refractivity contribution is 7.13. The van der Waals surface area contributed by atoms with Crippen molar-refractivity contribution >= 4 is 17.2 Å². The fourth-order valence-electron chi connectivity index (χ4n) is 1.95. The largest absolute Gasteiger partial charge is 0.486 e. The lowest BCUT2D eigenvalue weighted by Crippen LogP contribution is -2.24. The van der Waals surface area contributed by atoms with Crippen molar-refractivity contribution in [2.24, 2.45) is 5.73 Å². The molecule has 124 valence electrons. The van der Waals surface area contributed by atoms with Crippen molar-refractivity contribution in [1.29, 1.82) is 0 Å². The van der Waals surface area contributed by atoms with E-state index in [4.69, 9.17) is 10.5 Å². The summed E-state index contributed by atoms with van der Waals surface area (Å²) < 4.78 is 18.4. The molecule has 1 amide bonds. The Kier molecular flexibility index (Phi) is 6.49. The topological polar surface area (TPSA) is 77.2 Å². The van der Waals surface area contributed by atoms with Gasteiger partial charge in [-0.2, -0.15) is 0 Å². The molecule has 1 aromatic heterocycles. The number of unbranched alkanes of at least 4 members (excludes halogenated alkanes) is 1. The Balaban J connectivity index is 1.89. The van der Waals surface area contributed by atoms with Crippen LogP contribution in [-0.2, 0) is 6.61 Å². The van der Waals surface area contributed by atoms with E-state index in [9.17, 15) is 9.18 Å². The number of hydrogen-bond acceptors (Lipinski definition) is 5. The van der Waals surface area contributed by atoms with Gasteiger partial charge in [-0.3, -0.25) is 4.79 Å². The Morgan fingerprint density at radius 3 is 2.78 bits per heavy atom. The first kappa shape index (κ1) is 17.4. The van der Waals surface area contributed by atoms with Crippen molar-refractivity contribution in [3.63, 3.8) is 0 Å². The molecule has 0 fully saturated rings. The average molecular weight is 337 g/mol. The van der Waals surface area contributed by atoms with E-state index < -0.39 is 0 Å². The monoisotopic (exact) mass is 337 g/mol. The molecule has 3 N–H and O–H groups in total. The van der Waals surface area contributed by atoms with Crippen LogP contribution in [0.3, 0.4) is 0 Å². The number of carbonyl (C=O) groups excluding carboxylic acids is 1. The number of carbonyl (C=O) groups is 1. The highest BCUT2D eigenvalue weighted by atomic mass is 32.1. The van der Waals surface area contributed by atoms with E-state index in [1.54, 1.807) is 19.1 Å². The molecule has 0 aliphatic heterocycles. The molecule has 0 spiro atoms. The molecule has 0 saturated heterocycles. The second-order valence-corrected chi connectivity index (χ2v) is 6.10. The van der Waals surface area contributed by atoms with Crippen LogP contribution in [0.15, 0.2) is 24.3 Å². The summed E-state index contributed by atoms with van der Waals surface area (Å²) in [6.07, 6.45) is 1.75. The minimum atomic E-state index is -0.309. The van der Waals surface area contributed by atoms with Gasteiger partial charge in [-0.15, -0.1) is 11.3 Å². The molecule has 1 aromatic carbocycles. The highest BCUT2D eigenvalue weighted by Crippen LogP contribution is 2.20. The standard InChI is InChI=1S/C16H20FN3O2S/c1-11-15(16(21)19-9-3-2-8-18)23-14(20-11)10-22-13-6-4-12(17)5-7-13/h4-7H,2-3,8-10,18H2,1H3,(H,19,21). The second-order valence-electron chi connectivity index (χ2n) is 5.02. The maximum absolute atomic E-state index is 12.8. The number of aryl methyl sites for hydroxylation is 1. The molecule has 5 nitrogen and oxygen atoms in total. The second kappa shape index (κ2) is 8.59. The number of halogens is 1. The molecule has 0 aliphatic rings. The van der Waals surface area contributed by atoms with Gasteiger partial charge in [-0.1, -0.05) is 0 Å². The first-order valence-corrected chi connectivity index (χ1v) is 8.24. The van der Waals surface area contributed by atoms with Crippen molar-refractivity contribution < 1.29 is 13.9 Å². The number of ether oxygens (including phenoxy) is 1. The average Bonchev–Trinajstić information content (AvgIpc) is 2.92. The smallest absolute Gasteiger partial charge is 0.263 e. The number of amides is 1. The Bertz CT molecular complexity index is 643. The highest BCUT2D eigenvalue weighted by Gasteiger charge is 2.15. The van der Waals surface area contributed by atoms with Gasteiger partial charge in [0.1, 0.15) is 28.1 Å². The van der Waals surface area contributed by atoms with E-state index in [0.29, 0.717) is 34.4 Å². The Hall–Kier alpha value is -1.99. The van der Waals surface area contributed by atoms with Crippen LogP contribution in [0.5, 0.6) is 5.75 Å². The summed E-state index contributed by atoms with van der Waals surface area (Å²) in [5.41, 5.74) is 6.10. The van der Waals surface area contributed by atoms with Gasteiger partial charge >= 0.3 is 0 Å². The van der Waals surface area contributed by atoms with E-state index in [1.807, 2.05) is 0 Å². The van der Waals surface area contributed by atoms with Crippen LogP contribution in [0.1, 0.15) is 33.2 Å². The molecular formula is C16H20FN3O2S. The summed E-state index contributed by atoms with van der Waals surface area (Å²) >= 11 is 1.31. The maximum atomic E-state index is 12.8. The molecule has 0 radical (unpaired) electrons. The molecule has 2 rings (SSSR count). The van der Waals surface area contributed by atoms with E-state index in [-0.39, 0.29) is 18.3 Å². The number of thiazole rings is 1. The van der Waals surface area contributed by atoms with Crippen molar-refractivity contribution in [1.82, 2.24) is 10.3 Å². The third kappa shape index (κ3) is 5.30. The molecule has 0 saturated carbocycles. The van der Waals surface area contributed by atoms with Crippen molar-refractivity contribution in [3.05, 3.63) is 45.7 Å². The zero-order valence-corrected chi connectivity index (χ0v) is 13.8. The molecule has 0 aliphatic carbocycles. The molecule has 1 heterocycles. The Labute approximate surface area is 138 Å². The van der Waals surface area contributed by atoms with Gasteiger partial charge in [0.15, 0.2) is 0 Å². The minimum absolute atomic E-state index is 0.120. The van der Waals surface area contributed by atoms with Crippen LogP contribution >= 0.6 is 11.3 Å². The number of rotatable bonds is 8. The minimum Gasteiger partial charge on any atom is -0.486 e. The van der Waals surface area contributed by atoms with Crippen LogP contribution in [0.2, 0.25) is 0 Å². The number of nitrogens with two attached hydrogens (primary N) is 1. The first-order valence-electron chi connectivity index (χ1n) is 7.43. The zero-order chi connectivity index (χ0) is 16.7. The van der Waals surface area contributed by atoms with Gasteiger partial charge < -0.3 is 15.8 Å². The summed E-state index contributed by atoms with van der Waals surface area (Å²) in [5.74, 6) is 0.133. The lowest BCUT2D eigenvalue weighted by atomic mass is 10.3. The summed E-state index contributed by atoms with van der Waals surface area (Å²) in [6, 6.07) is 5.78. The molecule has 2 aromatic rings. The van der Waals surface area contributed by atoms with Crippen LogP contribution in [-0.4, -0.2) is 24.0 Å². The van der Waals surface area contributed by atoms with Crippen molar-refractivity contribution in [2.75, 3.05) is 13.1 Å². The molecule has 0 atom stereocenters. The van der Waals surface area contributed by atoms with Gasteiger partial charge in [0.25, 0.3) is 5.91 Å². The quantitative estimate of drug-likeness (QED) is 0.726. The van der Waals surface area contributed by atoms with Crippen molar-refractivity contribution in [3.8, 4) is 5.75 Å². The molecule has 0 bridgehead atoms. The zero-order valence-electron chi connectivity index (χ0n) is 13.0. The molecule has 23 heavy (non-hydrogen) atoms. The molecule has 7 heteroatoms. The number of hydrogen-bond donors (Lipinski definition) is 2. The lowest BCUT2D eigenvalue weighted by Gasteiger charge is -2.03.